The van der Waals surface area contributed by atoms with Crippen LogP contribution >= 0.6 is 7.82 Å². The molecule has 0 aromatic rings. The lowest BCUT2D eigenvalue weighted by molar-refractivity contribution is -0.870. The van der Waals surface area contributed by atoms with Gasteiger partial charge in [-0.05, 0) is 115 Å². The summed E-state index contributed by atoms with van der Waals surface area (Å²) in [5, 5.41) is 3.07. The second-order valence-electron chi connectivity index (χ2n) is 26.1. The van der Waals surface area contributed by atoms with Gasteiger partial charge in [-0.15, -0.1) is 0 Å². The van der Waals surface area contributed by atoms with Crippen molar-refractivity contribution in [3.8, 4) is 0 Å². The van der Waals surface area contributed by atoms with Gasteiger partial charge in [0.05, 0.1) is 33.8 Å². The smallest absolute Gasteiger partial charge is 0.456 e. The van der Waals surface area contributed by atoms with Crippen LogP contribution in [0.25, 0.3) is 0 Å². The highest BCUT2D eigenvalue weighted by atomic mass is 31.2. The largest absolute Gasteiger partial charge is 0.472 e. The summed E-state index contributed by atoms with van der Waals surface area (Å²) in [7, 11) is 1.49. The number of phosphoric acid groups is 1. The predicted octanol–water partition coefficient (Wildman–Crippen LogP) is 24.0. The van der Waals surface area contributed by atoms with Crippen LogP contribution < -0.4 is 5.32 Å². The molecule has 0 spiro atoms. The number of allylic oxidation sites excluding steroid dienone is 17. The van der Waals surface area contributed by atoms with Gasteiger partial charge >= 0.3 is 13.8 Å². The fourth-order valence-electron chi connectivity index (χ4n) is 10.5. The van der Waals surface area contributed by atoms with Crippen LogP contribution in [-0.2, 0) is 27.9 Å². The first-order valence-electron chi connectivity index (χ1n) is 37.2. The monoisotopic (exact) mass is 1260 g/mol. The van der Waals surface area contributed by atoms with E-state index in [1.165, 1.54) is 193 Å². The number of unbranched alkanes of at least 4 members (excludes halogenated alkanes) is 35. The number of ether oxygens (including phenoxy) is 1. The Hall–Kier alpha value is -3.33. The van der Waals surface area contributed by atoms with Gasteiger partial charge in [0.25, 0.3) is 0 Å². The number of nitrogens with one attached hydrogen (secondary N) is 1. The third-order valence-electron chi connectivity index (χ3n) is 16.2. The summed E-state index contributed by atoms with van der Waals surface area (Å²) in [5.74, 6) is -0.507. The molecule has 1 amide bonds. The molecule has 10 heteroatoms. The molecule has 2 N–H and O–H groups in total. The Bertz CT molecular complexity index is 1890. The molecule has 0 fully saturated rings. The first-order valence-corrected chi connectivity index (χ1v) is 38.7. The van der Waals surface area contributed by atoms with E-state index in [1.54, 1.807) is 0 Å². The second-order valence-corrected chi connectivity index (χ2v) is 27.5. The number of esters is 1. The summed E-state index contributed by atoms with van der Waals surface area (Å²) >= 11 is 0. The van der Waals surface area contributed by atoms with Crippen molar-refractivity contribution in [3.05, 3.63) is 109 Å². The van der Waals surface area contributed by atoms with Crippen molar-refractivity contribution in [2.75, 3.05) is 40.9 Å². The molecule has 0 bridgehead atoms. The van der Waals surface area contributed by atoms with E-state index in [0.717, 1.165) is 103 Å². The Kier molecular flexibility index (Phi) is 65.0. The number of rotatable bonds is 67. The first-order chi connectivity index (χ1) is 43.4. The molecule has 0 radical (unpaired) electrons. The molecular formula is C79H142N2O7P+. The fraction of sp³-hybridized carbons (Fsp3) is 0.747. The Labute approximate surface area is 551 Å². The maximum absolute atomic E-state index is 13.6. The predicted molar refractivity (Wildman–Crippen MR) is 387 cm³/mol. The van der Waals surface area contributed by atoms with Gasteiger partial charge in [-0.25, -0.2) is 4.57 Å². The number of carbonyl (C=O) groups excluding carboxylic acids is 2. The molecule has 514 valence electrons. The Morgan fingerprint density at radius 1 is 0.404 bits per heavy atom. The summed E-state index contributed by atoms with van der Waals surface area (Å²) in [4.78, 5) is 37.9. The van der Waals surface area contributed by atoms with E-state index in [2.05, 4.69) is 123 Å². The molecule has 0 aliphatic carbocycles. The first kappa shape index (κ1) is 85.7. The van der Waals surface area contributed by atoms with Crippen molar-refractivity contribution in [3.63, 3.8) is 0 Å². The van der Waals surface area contributed by atoms with Crippen LogP contribution in [0.5, 0.6) is 0 Å². The minimum absolute atomic E-state index is 0.0357. The number of hydrogen-bond acceptors (Lipinski definition) is 6. The zero-order valence-corrected chi connectivity index (χ0v) is 59.8. The normalized spacial score (nSPS) is 14.1. The lowest BCUT2D eigenvalue weighted by atomic mass is 10.0. The fourth-order valence-corrected chi connectivity index (χ4v) is 11.2. The van der Waals surface area contributed by atoms with Gasteiger partial charge < -0.3 is 19.4 Å². The van der Waals surface area contributed by atoms with E-state index in [-0.39, 0.29) is 31.5 Å². The van der Waals surface area contributed by atoms with Gasteiger partial charge in [-0.2, -0.15) is 0 Å². The third-order valence-corrected chi connectivity index (χ3v) is 17.2. The van der Waals surface area contributed by atoms with Gasteiger partial charge in [0, 0.05) is 12.8 Å². The van der Waals surface area contributed by atoms with Gasteiger partial charge in [-0.1, -0.05) is 310 Å². The lowest BCUT2D eigenvalue weighted by Crippen LogP contribution is -2.47. The van der Waals surface area contributed by atoms with Crippen LogP contribution in [-0.4, -0.2) is 74.3 Å². The summed E-state index contributed by atoms with van der Waals surface area (Å²) in [6.45, 7) is 6.89. The summed E-state index contributed by atoms with van der Waals surface area (Å²) in [6.07, 6.45) is 93.9. The van der Waals surface area contributed by atoms with Gasteiger partial charge in [0.1, 0.15) is 19.3 Å². The molecule has 3 unspecified atom stereocenters. The van der Waals surface area contributed by atoms with Crippen molar-refractivity contribution in [2.24, 2.45) is 0 Å². The lowest BCUT2D eigenvalue weighted by Gasteiger charge is -2.27. The zero-order valence-electron chi connectivity index (χ0n) is 58.9. The molecule has 89 heavy (non-hydrogen) atoms. The number of quaternary nitrogens is 1. The minimum Gasteiger partial charge on any atom is -0.456 e. The maximum atomic E-state index is 13.6. The number of nitrogens with zero attached hydrogens (tertiary/aromatic N) is 1. The second kappa shape index (κ2) is 67.6. The van der Waals surface area contributed by atoms with Crippen LogP contribution in [0.3, 0.4) is 0 Å². The average molecular weight is 1260 g/mol. The SMILES string of the molecule is CC/C=C\C/C=C\C/C=C\C/C=C\C/C=C\CCCCCCCCCCCCCC(=O)OC(/C=C/CCCCCCCCCCC)C(COP(=O)(O)OCC[N+](C)(C)C)NC(=O)CCCCCCCCCCCCCC/C=C\C/C=C\C/C=C\CCCCC. The van der Waals surface area contributed by atoms with Crippen LogP contribution in [0.15, 0.2) is 109 Å². The van der Waals surface area contributed by atoms with E-state index < -0.39 is 20.0 Å². The standard InChI is InChI=1S/C79H141N2O7P/c1-7-10-13-16-19-22-25-27-29-31-33-35-37-39-40-42-44-46-48-50-52-54-57-60-63-66-69-72-79(83)88-77(70-67-64-61-58-55-24-21-18-15-12-9-3)76(75-87-89(84,85)86-74-73-81(4,5)6)80-78(82)71-68-65-62-59-56-53-51-49-47-45-43-41-38-36-34-32-30-28-26-23-20-17-14-11-8-2/h10,13,19-20,22-23,27-30,33-36,39-40,67,70,76-77H,7-9,11-12,14-18,21,24-26,31-32,37-38,41-66,68-69,71-75H2,1-6H3,(H-,80,82,84,85)/p+1/b13-10-,22-19-,23-20-,29-27-,30-28-,35-33-,36-34-,40-39-,70-67+. The quantitative estimate of drug-likeness (QED) is 0.0205. The Morgan fingerprint density at radius 3 is 1.10 bits per heavy atom. The Morgan fingerprint density at radius 2 is 0.719 bits per heavy atom. The molecular weight excluding hydrogens is 1120 g/mol. The minimum atomic E-state index is -4.46. The van der Waals surface area contributed by atoms with Gasteiger partial charge in [-0.3, -0.25) is 18.6 Å². The molecule has 0 aliphatic heterocycles. The molecule has 3 atom stereocenters. The summed E-state index contributed by atoms with van der Waals surface area (Å²) in [6, 6.07) is -0.857. The molecule has 9 nitrogen and oxygen atoms in total. The van der Waals surface area contributed by atoms with E-state index in [4.69, 9.17) is 13.8 Å². The van der Waals surface area contributed by atoms with E-state index in [1.807, 2.05) is 33.3 Å². The number of carbonyl (C=O) groups is 2. The van der Waals surface area contributed by atoms with Crippen molar-refractivity contribution in [2.45, 2.75) is 341 Å². The highest BCUT2D eigenvalue weighted by Crippen LogP contribution is 2.43. The average Bonchev–Trinajstić information content (AvgIpc) is 3.71. The molecule has 0 heterocycles. The number of likely N-dealkylation sites (N-methyl/N-ethyl adjacent to an activating group) is 1. The third kappa shape index (κ3) is 68.9. The summed E-state index contributed by atoms with van der Waals surface area (Å²) < 4.78 is 30.9. The molecule has 0 saturated carbocycles. The number of phosphoric ester groups is 1. The van der Waals surface area contributed by atoms with E-state index in [0.29, 0.717) is 17.4 Å². The van der Waals surface area contributed by atoms with Crippen LogP contribution in [0.1, 0.15) is 329 Å². The highest BCUT2D eigenvalue weighted by molar-refractivity contribution is 7.47. The molecule has 0 aliphatic rings. The number of hydrogen-bond donors (Lipinski definition) is 2. The zero-order chi connectivity index (χ0) is 64.9. The highest BCUT2D eigenvalue weighted by Gasteiger charge is 2.30. The molecule has 0 aromatic carbocycles. The van der Waals surface area contributed by atoms with Crippen LogP contribution in [0, 0.1) is 0 Å². The van der Waals surface area contributed by atoms with Gasteiger partial charge in [0.15, 0.2) is 0 Å². The topological polar surface area (TPSA) is 111 Å². The molecule has 0 saturated heterocycles. The van der Waals surface area contributed by atoms with Crippen molar-refractivity contribution < 1.29 is 37.3 Å². The van der Waals surface area contributed by atoms with Crippen LogP contribution in [0.4, 0.5) is 0 Å². The van der Waals surface area contributed by atoms with Crippen molar-refractivity contribution in [1.82, 2.24) is 5.32 Å². The summed E-state index contributed by atoms with van der Waals surface area (Å²) in [5.41, 5.74) is 0. The maximum Gasteiger partial charge on any atom is 0.472 e. The van der Waals surface area contributed by atoms with Crippen molar-refractivity contribution in [1.29, 1.82) is 0 Å². The van der Waals surface area contributed by atoms with Crippen molar-refractivity contribution >= 4 is 19.7 Å². The van der Waals surface area contributed by atoms with Gasteiger partial charge in [0.2, 0.25) is 5.91 Å². The van der Waals surface area contributed by atoms with Crippen LogP contribution in [0.2, 0.25) is 0 Å². The molecule has 0 aromatic heterocycles. The van der Waals surface area contributed by atoms with E-state index in [9.17, 15) is 19.0 Å². The van der Waals surface area contributed by atoms with E-state index >= 15 is 0 Å². The number of amides is 1. The Balaban J connectivity index is 4.97. The molecule has 0 rings (SSSR count).